The highest BCUT2D eigenvalue weighted by atomic mass is 16.7. The van der Waals surface area contributed by atoms with E-state index >= 15 is 0 Å². The van der Waals surface area contributed by atoms with Crippen molar-refractivity contribution >= 4 is 5.97 Å². The molecule has 0 bridgehead atoms. The molecule has 0 aromatic heterocycles. The maximum atomic E-state index is 11.2. The van der Waals surface area contributed by atoms with Crippen LogP contribution in [-0.2, 0) is 14.3 Å². The Labute approximate surface area is 107 Å². The molecule has 1 rings (SSSR count). The summed E-state index contributed by atoms with van der Waals surface area (Å²) in [6.07, 6.45) is -0.603. The third-order valence-electron chi connectivity index (χ3n) is 2.07. The van der Waals surface area contributed by atoms with Gasteiger partial charge in [-0.05, 0) is 26.0 Å². The van der Waals surface area contributed by atoms with Crippen LogP contribution >= 0.6 is 0 Å². The van der Waals surface area contributed by atoms with Gasteiger partial charge in [-0.25, -0.2) is 4.79 Å². The lowest BCUT2D eigenvalue weighted by Crippen LogP contribution is -2.21. The minimum atomic E-state index is -0.603. The van der Waals surface area contributed by atoms with Gasteiger partial charge in [0.2, 0.25) is 6.29 Å². The Balaban J connectivity index is 2.14. The summed E-state index contributed by atoms with van der Waals surface area (Å²) in [6.45, 7) is 7.48. The zero-order chi connectivity index (χ0) is 13.4. The van der Waals surface area contributed by atoms with Gasteiger partial charge in [-0.15, -0.1) is 0 Å². The molecule has 0 aliphatic rings. The lowest BCUT2D eigenvalue weighted by atomic mass is 10.3. The van der Waals surface area contributed by atoms with E-state index in [0.29, 0.717) is 18.8 Å². The first-order valence-electron chi connectivity index (χ1n) is 5.75. The van der Waals surface area contributed by atoms with Gasteiger partial charge in [-0.2, -0.15) is 0 Å². The van der Waals surface area contributed by atoms with E-state index in [1.54, 1.807) is 13.8 Å². The molecule has 18 heavy (non-hydrogen) atoms. The lowest BCUT2D eigenvalue weighted by molar-refractivity contribution is -0.171. The number of hydrogen-bond donors (Lipinski definition) is 0. The molecule has 4 nitrogen and oxygen atoms in total. The first-order valence-corrected chi connectivity index (χ1v) is 5.75. The van der Waals surface area contributed by atoms with Crippen molar-refractivity contribution < 1.29 is 19.0 Å². The van der Waals surface area contributed by atoms with E-state index in [1.807, 2.05) is 30.3 Å². The van der Waals surface area contributed by atoms with Crippen LogP contribution in [0.1, 0.15) is 13.8 Å². The van der Waals surface area contributed by atoms with Crippen LogP contribution < -0.4 is 4.74 Å². The van der Waals surface area contributed by atoms with E-state index in [1.165, 1.54) is 0 Å². The fourth-order valence-electron chi connectivity index (χ4n) is 1.18. The van der Waals surface area contributed by atoms with E-state index < -0.39 is 12.3 Å². The molecular formula is C14H18O4. The Hall–Kier alpha value is -1.81. The zero-order valence-electron chi connectivity index (χ0n) is 10.7. The lowest BCUT2D eigenvalue weighted by Gasteiger charge is -2.14. The van der Waals surface area contributed by atoms with Gasteiger partial charge in [0.1, 0.15) is 12.4 Å². The van der Waals surface area contributed by atoms with Crippen LogP contribution in [0.15, 0.2) is 42.5 Å². The summed E-state index contributed by atoms with van der Waals surface area (Å²) in [4.78, 5) is 11.2. The number of esters is 1. The second kappa shape index (κ2) is 7.50. The monoisotopic (exact) mass is 250 g/mol. The summed E-state index contributed by atoms with van der Waals surface area (Å²) < 4.78 is 15.6. The van der Waals surface area contributed by atoms with Gasteiger partial charge >= 0.3 is 5.97 Å². The predicted octanol–water partition coefficient (Wildman–Crippen LogP) is 2.55. The number of hydrogen-bond acceptors (Lipinski definition) is 4. The van der Waals surface area contributed by atoms with E-state index in [-0.39, 0.29) is 0 Å². The van der Waals surface area contributed by atoms with Crippen LogP contribution in [0.3, 0.4) is 0 Å². The molecule has 0 N–H and O–H groups in total. The Morgan fingerprint density at radius 2 is 1.94 bits per heavy atom. The normalized spacial score (nSPS) is 11.7. The predicted molar refractivity (Wildman–Crippen MR) is 68.3 cm³/mol. The van der Waals surface area contributed by atoms with Gasteiger partial charge in [0.05, 0.1) is 6.61 Å². The topological polar surface area (TPSA) is 44.8 Å². The maximum absolute atomic E-state index is 11.2. The van der Waals surface area contributed by atoms with Crippen LogP contribution in [0.4, 0.5) is 0 Å². The molecule has 1 aromatic rings. The summed E-state index contributed by atoms with van der Waals surface area (Å²) in [7, 11) is 0. The molecule has 0 aliphatic heterocycles. The molecule has 1 aromatic carbocycles. The first kappa shape index (κ1) is 14.3. The van der Waals surface area contributed by atoms with Gasteiger partial charge in [0, 0.05) is 5.57 Å². The summed E-state index contributed by atoms with van der Waals surface area (Å²) in [6, 6.07) is 9.44. The van der Waals surface area contributed by atoms with Crippen molar-refractivity contribution in [3.05, 3.63) is 42.5 Å². The average molecular weight is 250 g/mol. The first-order chi connectivity index (χ1) is 8.59. The van der Waals surface area contributed by atoms with Gasteiger partial charge in [0.15, 0.2) is 0 Å². The number of rotatable bonds is 7. The molecule has 0 heterocycles. The van der Waals surface area contributed by atoms with Gasteiger partial charge < -0.3 is 14.2 Å². The summed E-state index contributed by atoms with van der Waals surface area (Å²) in [5.74, 6) is 0.333. The largest absolute Gasteiger partial charge is 0.491 e. The van der Waals surface area contributed by atoms with Crippen molar-refractivity contribution in [2.24, 2.45) is 0 Å². The molecule has 0 saturated heterocycles. The van der Waals surface area contributed by atoms with Crippen LogP contribution in [0, 0.1) is 0 Å². The van der Waals surface area contributed by atoms with Crippen LogP contribution in [0.5, 0.6) is 5.75 Å². The third-order valence-corrected chi connectivity index (χ3v) is 2.07. The van der Waals surface area contributed by atoms with Crippen molar-refractivity contribution in [3.8, 4) is 5.75 Å². The Kier molecular flexibility index (Phi) is 5.94. The smallest absolute Gasteiger partial charge is 0.335 e. The van der Waals surface area contributed by atoms with Crippen molar-refractivity contribution in [1.82, 2.24) is 0 Å². The number of carbonyl (C=O) groups is 1. The molecule has 0 saturated carbocycles. The van der Waals surface area contributed by atoms with Crippen molar-refractivity contribution in [2.45, 2.75) is 20.1 Å². The second-order valence-corrected chi connectivity index (χ2v) is 3.79. The van der Waals surface area contributed by atoms with Crippen LogP contribution in [-0.4, -0.2) is 25.5 Å². The Morgan fingerprint density at radius 1 is 1.28 bits per heavy atom. The van der Waals surface area contributed by atoms with Crippen LogP contribution in [0.25, 0.3) is 0 Å². The molecule has 0 spiro atoms. The molecule has 0 aliphatic carbocycles. The third kappa shape index (κ3) is 5.50. The number of benzene rings is 1. The molecule has 0 fully saturated rings. The summed E-state index contributed by atoms with van der Waals surface area (Å²) >= 11 is 0. The number of carbonyl (C=O) groups excluding carboxylic acids is 1. The van der Waals surface area contributed by atoms with Gasteiger partial charge in [0.25, 0.3) is 0 Å². The molecule has 98 valence electrons. The van der Waals surface area contributed by atoms with Crippen molar-refractivity contribution in [1.29, 1.82) is 0 Å². The maximum Gasteiger partial charge on any atom is 0.335 e. The standard InChI is InChI=1S/C14H18O4/c1-11(2)14(15)18-12(3)16-9-10-17-13-7-5-4-6-8-13/h4-8,12H,1,9-10H2,2-3H3. The van der Waals surface area contributed by atoms with Crippen molar-refractivity contribution in [3.63, 3.8) is 0 Å². The Morgan fingerprint density at radius 3 is 2.56 bits per heavy atom. The quantitative estimate of drug-likeness (QED) is 0.323. The molecular weight excluding hydrogens is 232 g/mol. The second-order valence-electron chi connectivity index (χ2n) is 3.79. The van der Waals surface area contributed by atoms with E-state index in [0.717, 1.165) is 5.75 Å². The summed E-state index contributed by atoms with van der Waals surface area (Å²) in [5.41, 5.74) is 0.353. The number of ether oxygens (including phenoxy) is 3. The van der Waals surface area contributed by atoms with Gasteiger partial charge in [-0.3, -0.25) is 0 Å². The minimum absolute atomic E-state index is 0.347. The minimum Gasteiger partial charge on any atom is -0.491 e. The van der Waals surface area contributed by atoms with E-state index in [9.17, 15) is 4.79 Å². The SMILES string of the molecule is C=C(C)C(=O)OC(C)OCCOc1ccccc1. The molecule has 1 unspecified atom stereocenters. The average Bonchev–Trinajstić information content (AvgIpc) is 2.35. The van der Waals surface area contributed by atoms with E-state index in [2.05, 4.69) is 6.58 Å². The van der Waals surface area contributed by atoms with E-state index in [4.69, 9.17) is 14.2 Å². The number of para-hydroxylation sites is 1. The molecule has 0 amide bonds. The van der Waals surface area contributed by atoms with Crippen LogP contribution in [0.2, 0.25) is 0 Å². The fraction of sp³-hybridized carbons (Fsp3) is 0.357. The van der Waals surface area contributed by atoms with Crippen molar-refractivity contribution in [2.75, 3.05) is 13.2 Å². The summed E-state index contributed by atoms with van der Waals surface area (Å²) in [5, 5.41) is 0. The highest BCUT2D eigenvalue weighted by Gasteiger charge is 2.09. The highest BCUT2D eigenvalue weighted by Crippen LogP contribution is 2.08. The van der Waals surface area contributed by atoms with Gasteiger partial charge in [-0.1, -0.05) is 24.8 Å². The molecule has 4 heteroatoms. The molecule has 1 atom stereocenters. The zero-order valence-corrected chi connectivity index (χ0v) is 10.7. The molecule has 0 radical (unpaired) electrons. The fourth-order valence-corrected chi connectivity index (χ4v) is 1.18. The highest BCUT2D eigenvalue weighted by molar-refractivity contribution is 5.86. The Bertz CT molecular complexity index is 386.